The summed E-state index contributed by atoms with van der Waals surface area (Å²) in [6, 6.07) is 6.94. The van der Waals surface area contributed by atoms with Crippen LogP contribution in [0.25, 0.3) is 0 Å². The molecule has 88 valence electrons. The number of carbonyl (C=O) groups excluding carboxylic acids is 2. The number of benzene rings is 1. The van der Waals surface area contributed by atoms with Gasteiger partial charge in [0.05, 0.1) is 11.6 Å². The first-order chi connectivity index (χ1) is 8.09. The Labute approximate surface area is 98.5 Å². The smallest absolute Gasteiger partial charge is 0.235 e. The number of carbonyl (C=O) groups is 2. The summed E-state index contributed by atoms with van der Waals surface area (Å²) in [7, 11) is 0. The minimum Gasteiger partial charge on any atom is -0.398 e. The van der Waals surface area contributed by atoms with E-state index >= 15 is 0 Å². The van der Waals surface area contributed by atoms with Crippen LogP contribution < -0.4 is 11.1 Å². The zero-order valence-electron chi connectivity index (χ0n) is 9.19. The van der Waals surface area contributed by atoms with Crippen molar-refractivity contribution in [2.75, 3.05) is 5.73 Å². The third-order valence-corrected chi connectivity index (χ3v) is 2.84. The molecule has 1 saturated heterocycles. The van der Waals surface area contributed by atoms with Gasteiger partial charge in [-0.3, -0.25) is 14.9 Å². The predicted octanol–water partition coefficient (Wildman–Crippen LogP) is 0.689. The van der Waals surface area contributed by atoms with Gasteiger partial charge in [0.1, 0.15) is 0 Å². The van der Waals surface area contributed by atoms with Gasteiger partial charge in [-0.25, -0.2) is 0 Å². The van der Waals surface area contributed by atoms with Crippen molar-refractivity contribution in [3.05, 3.63) is 29.8 Å². The fourth-order valence-electron chi connectivity index (χ4n) is 1.90. The van der Waals surface area contributed by atoms with Crippen molar-refractivity contribution in [3.63, 3.8) is 0 Å². The number of para-hydroxylation sites is 1. The van der Waals surface area contributed by atoms with Gasteiger partial charge in [0.2, 0.25) is 11.8 Å². The maximum absolute atomic E-state index is 11.6. The quantitative estimate of drug-likeness (QED) is 0.397. The van der Waals surface area contributed by atoms with E-state index in [9.17, 15) is 9.59 Å². The number of nitrogen functional groups attached to an aromatic ring is 1. The number of imide groups is 1. The molecule has 0 aliphatic carbocycles. The second kappa shape index (κ2) is 4.37. The van der Waals surface area contributed by atoms with Crippen molar-refractivity contribution in [3.8, 4) is 0 Å². The first-order valence-corrected chi connectivity index (χ1v) is 5.36. The molecule has 1 unspecified atom stereocenters. The average molecular weight is 231 g/mol. The van der Waals surface area contributed by atoms with E-state index in [2.05, 4.69) is 5.32 Å². The second-order valence-electron chi connectivity index (χ2n) is 4.00. The highest BCUT2D eigenvalue weighted by Crippen LogP contribution is 2.21. The van der Waals surface area contributed by atoms with Crippen LogP contribution in [0.1, 0.15) is 18.4 Å². The highest BCUT2D eigenvalue weighted by Gasteiger charge is 2.31. The third kappa shape index (κ3) is 2.18. The third-order valence-electron chi connectivity index (χ3n) is 2.84. The Balaban J connectivity index is 2.24. The molecule has 1 aromatic rings. The molecule has 5 heteroatoms. The lowest BCUT2D eigenvalue weighted by Crippen LogP contribution is -2.44. The van der Waals surface area contributed by atoms with E-state index in [1.807, 2.05) is 0 Å². The van der Waals surface area contributed by atoms with Crippen LogP contribution in [-0.2, 0) is 9.59 Å². The van der Waals surface area contributed by atoms with Crippen LogP contribution in [-0.4, -0.2) is 17.5 Å². The number of rotatable bonds is 2. The van der Waals surface area contributed by atoms with Gasteiger partial charge in [0, 0.05) is 17.7 Å². The molecule has 0 saturated carbocycles. The Morgan fingerprint density at radius 2 is 2.06 bits per heavy atom. The minimum atomic E-state index is -0.586. The van der Waals surface area contributed by atoms with Crippen LogP contribution in [0.2, 0.25) is 0 Å². The van der Waals surface area contributed by atoms with E-state index in [1.54, 1.807) is 24.3 Å². The highest BCUT2D eigenvalue weighted by molar-refractivity contribution is 6.17. The number of amides is 2. The summed E-state index contributed by atoms with van der Waals surface area (Å²) >= 11 is 0. The molecule has 1 aliphatic heterocycles. The lowest BCUT2D eigenvalue weighted by Gasteiger charge is -2.22. The van der Waals surface area contributed by atoms with Crippen LogP contribution in [0.3, 0.4) is 0 Å². The van der Waals surface area contributed by atoms with Gasteiger partial charge in [-0.15, -0.1) is 0 Å². The van der Waals surface area contributed by atoms with Crippen molar-refractivity contribution in [1.82, 2.24) is 5.32 Å². The summed E-state index contributed by atoms with van der Waals surface area (Å²) in [6.07, 6.45) is 0.642. The maximum atomic E-state index is 11.6. The van der Waals surface area contributed by atoms with E-state index in [0.717, 1.165) is 0 Å². The fraction of sp³-hybridized carbons (Fsp3) is 0.250. The molecule has 4 N–H and O–H groups in total. The van der Waals surface area contributed by atoms with E-state index in [1.165, 1.54) is 0 Å². The summed E-state index contributed by atoms with van der Waals surface area (Å²) in [4.78, 5) is 22.6. The molecule has 0 radical (unpaired) electrons. The van der Waals surface area contributed by atoms with Crippen molar-refractivity contribution in [2.45, 2.75) is 12.8 Å². The second-order valence-corrected chi connectivity index (χ2v) is 4.00. The first-order valence-electron chi connectivity index (χ1n) is 5.36. The van der Waals surface area contributed by atoms with E-state index < -0.39 is 11.8 Å². The lowest BCUT2D eigenvalue weighted by molar-refractivity contribution is -0.134. The van der Waals surface area contributed by atoms with Gasteiger partial charge in [-0.05, 0) is 12.5 Å². The molecule has 5 nitrogen and oxygen atoms in total. The average Bonchev–Trinajstić information content (AvgIpc) is 2.29. The highest BCUT2D eigenvalue weighted by atomic mass is 16.2. The van der Waals surface area contributed by atoms with Crippen LogP contribution in [0.15, 0.2) is 24.3 Å². The first kappa shape index (κ1) is 11.3. The molecule has 1 aromatic carbocycles. The maximum Gasteiger partial charge on any atom is 0.235 e. The SMILES string of the molecule is N=C(c1ccccc1N)C1CCC(=O)NC1=O. The molecule has 1 aliphatic rings. The molecule has 2 amide bonds. The summed E-state index contributed by atoms with van der Waals surface area (Å²) in [6.45, 7) is 0. The molecule has 1 atom stereocenters. The molecule has 0 spiro atoms. The Morgan fingerprint density at radius 3 is 2.71 bits per heavy atom. The van der Waals surface area contributed by atoms with Crippen molar-refractivity contribution < 1.29 is 9.59 Å². The molecule has 2 rings (SSSR count). The predicted molar refractivity (Wildman–Crippen MR) is 63.6 cm³/mol. The van der Waals surface area contributed by atoms with E-state index in [4.69, 9.17) is 11.1 Å². The van der Waals surface area contributed by atoms with Gasteiger partial charge < -0.3 is 11.1 Å². The number of piperidine rings is 1. The lowest BCUT2D eigenvalue weighted by atomic mass is 9.88. The van der Waals surface area contributed by atoms with Crippen molar-refractivity contribution in [2.24, 2.45) is 5.92 Å². The number of hydrogen-bond acceptors (Lipinski definition) is 4. The normalized spacial score (nSPS) is 19.9. The van der Waals surface area contributed by atoms with Gasteiger partial charge in [0.25, 0.3) is 0 Å². The molecule has 0 aromatic heterocycles. The van der Waals surface area contributed by atoms with Crippen LogP contribution in [0.5, 0.6) is 0 Å². The van der Waals surface area contributed by atoms with Crippen molar-refractivity contribution in [1.29, 1.82) is 5.41 Å². The summed E-state index contributed by atoms with van der Waals surface area (Å²) in [5.41, 5.74) is 6.97. The molecular formula is C12H13N3O2. The van der Waals surface area contributed by atoms with Gasteiger partial charge in [0.15, 0.2) is 0 Å². The van der Waals surface area contributed by atoms with Crippen LogP contribution in [0.4, 0.5) is 5.69 Å². The zero-order valence-corrected chi connectivity index (χ0v) is 9.19. The van der Waals surface area contributed by atoms with E-state index in [-0.39, 0.29) is 18.0 Å². The molecule has 1 fully saturated rings. The minimum absolute atomic E-state index is 0.174. The topological polar surface area (TPSA) is 96.0 Å². The largest absolute Gasteiger partial charge is 0.398 e. The summed E-state index contributed by atoms with van der Waals surface area (Å²) in [5.74, 6) is -1.27. The zero-order chi connectivity index (χ0) is 12.4. The Hall–Kier alpha value is -2.17. The van der Waals surface area contributed by atoms with Gasteiger partial charge in [-0.2, -0.15) is 0 Å². The van der Waals surface area contributed by atoms with Gasteiger partial charge in [-0.1, -0.05) is 18.2 Å². The standard InChI is InChI=1S/C12H13N3O2/c13-9-4-2-1-3-7(9)11(14)8-5-6-10(16)15-12(8)17/h1-4,8,14H,5-6,13H2,(H,15,16,17). The number of nitrogens with one attached hydrogen (secondary N) is 2. The molecular weight excluding hydrogens is 218 g/mol. The number of hydrogen-bond donors (Lipinski definition) is 3. The van der Waals surface area contributed by atoms with Crippen LogP contribution >= 0.6 is 0 Å². The Morgan fingerprint density at radius 1 is 1.35 bits per heavy atom. The molecule has 0 bridgehead atoms. The number of anilines is 1. The summed E-state index contributed by atoms with van der Waals surface area (Å²) < 4.78 is 0. The molecule has 1 heterocycles. The van der Waals surface area contributed by atoms with Crippen LogP contribution in [0, 0.1) is 11.3 Å². The number of nitrogens with two attached hydrogens (primary N) is 1. The summed E-state index contributed by atoms with van der Waals surface area (Å²) in [5, 5.41) is 10.2. The Bertz CT molecular complexity index is 496. The van der Waals surface area contributed by atoms with Gasteiger partial charge >= 0.3 is 0 Å². The monoisotopic (exact) mass is 231 g/mol. The van der Waals surface area contributed by atoms with E-state index in [0.29, 0.717) is 17.7 Å². The van der Waals surface area contributed by atoms with Crippen molar-refractivity contribution >= 4 is 23.2 Å². The molecule has 17 heavy (non-hydrogen) atoms. The Kier molecular flexibility index (Phi) is 2.91. The fourth-order valence-corrected chi connectivity index (χ4v) is 1.90.